The number of carboxylic acids is 1. The van der Waals surface area contributed by atoms with Crippen LogP contribution in [0.3, 0.4) is 0 Å². The number of hydrogen-bond acceptors (Lipinski definition) is 3. The fraction of sp³-hybridized carbons (Fsp3) is 0.273. The Morgan fingerprint density at radius 1 is 1.38 bits per heavy atom. The Hall–Kier alpha value is -2.04. The van der Waals surface area contributed by atoms with Crippen molar-refractivity contribution in [3.63, 3.8) is 0 Å². The fourth-order valence-corrected chi connectivity index (χ4v) is 0.947. The summed E-state index contributed by atoms with van der Waals surface area (Å²) in [6.45, 7) is 1.33. The van der Waals surface area contributed by atoms with Gasteiger partial charge in [0, 0.05) is 5.69 Å². The average molecular weight is 223 g/mol. The second-order valence-electron chi connectivity index (χ2n) is 3.33. The van der Waals surface area contributed by atoms with Crippen LogP contribution in [0.1, 0.15) is 6.92 Å². The van der Waals surface area contributed by atoms with Gasteiger partial charge in [0.15, 0.2) is 0 Å². The van der Waals surface area contributed by atoms with Gasteiger partial charge in [-0.3, -0.25) is 10.1 Å². The van der Waals surface area contributed by atoms with Crippen molar-refractivity contribution >= 4 is 17.7 Å². The molecule has 86 valence electrons. The van der Waals surface area contributed by atoms with Crippen molar-refractivity contribution in [2.45, 2.75) is 6.92 Å². The lowest BCUT2D eigenvalue weighted by Gasteiger charge is -2.08. The van der Waals surface area contributed by atoms with Crippen LogP contribution in [0.25, 0.3) is 0 Å². The minimum Gasteiger partial charge on any atom is -0.481 e. The van der Waals surface area contributed by atoms with E-state index >= 15 is 0 Å². The number of carboxylic acid groups (broad SMARTS) is 1. The first-order valence-electron chi connectivity index (χ1n) is 4.81. The van der Waals surface area contributed by atoms with Crippen LogP contribution in [0.2, 0.25) is 0 Å². The summed E-state index contributed by atoms with van der Waals surface area (Å²) in [5.41, 5.74) is 0.607. The van der Waals surface area contributed by atoms with Crippen LogP contribution in [-0.4, -0.2) is 23.8 Å². The number of rotatable bonds is 4. The number of aliphatic carboxylic acids is 1. The van der Waals surface area contributed by atoms with Crippen molar-refractivity contribution in [3.8, 4) is 0 Å². The van der Waals surface area contributed by atoms with Gasteiger partial charge < -0.3 is 9.84 Å². The lowest BCUT2D eigenvalue weighted by atomic mass is 10.2. The number of benzene rings is 1. The quantitative estimate of drug-likeness (QED) is 0.818. The molecule has 0 aliphatic heterocycles. The summed E-state index contributed by atoms with van der Waals surface area (Å²) in [5.74, 6) is -1.70. The van der Waals surface area contributed by atoms with Gasteiger partial charge in [0.05, 0.1) is 5.92 Å². The third kappa shape index (κ3) is 4.00. The molecule has 16 heavy (non-hydrogen) atoms. The van der Waals surface area contributed by atoms with E-state index in [4.69, 9.17) is 9.84 Å². The molecule has 5 heteroatoms. The van der Waals surface area contributed by atoms with Crippen molar-refractivity contribution in [3.05, 3.63) is 30.3 Å². The molecule has 0 aromatic heterocycles. The Morgan fingerprint density at radius 2 is 2.00 bits per heavy atom. The first kappa shape index (κ1) is 12.0. The Morgan fingerprint density at radius 3 is 2.56 bits per heavy atom. The van der Waals surface area contributed by atoms with E-state index in [1.165, 1.54) is 6.92 Å². The normalized spacial score (nSPS) is 11.6. The molecule has 0 spiro atoms. The molecular formula is C11H13NO4. The van der Waals surface area contributed by atoms with Gasteiger partial charge in [-0.05, 0) is 19.1 Å². The fourth-order valence-electron chi connectivity index (χ4n) is 0.947. The van der Waals surface area contributed by atoms with Crippen LogP contribution in [0.15, 0.2) is 30.3 Å². The van der Waals surface area contributed by atoms with Gasteiger partial charge in [-0.2, -0.15) is 0 Å². The maximum atomic E-state index is 11.2. The molecule has 1 aromatic rings. The second-order valence-corrected chi connectivity index (χ2v) is 3.33. The molecule has 1 rings (SSSR count). The van der Waals surface area contributed by atoms with E-state index in [1.807, 2.05) is 6.07 Å². The molecule has 1 aromatic carbocycles. The van der Waals surface area contributed by atoms with E-state index in [0.29, 0.717) is 5.69 Å². The number of amides is 1. The third-order valence-electron chi connectivity index (χ3n) is 1.91. The van der Waals surface area contributed by atoms with Crippen LogP contribution < -0.4 is 5.32 Å². The first-order chi connectivity index (χ1) is 7.59. The maximum absolute atomic E-state index is 11.2. The van der Waals surface area contributed by atoms with Gasteiger partial charge in [0.2, 0.25) is 0 Å². The van der Waals surface area contributed by atoms with Crippen LogP contribution in [0, 0.1) is 5.92 Å². The summed E-state index contributed by atoms with van der Waals surface area (Å²) in [6.07, 6.45) is -0.653. The first-order valence-corrected chi connectivity index (χ1v) is 4.81. The Balaban J connectivity index is 2.35. The number of para-hydroxylation sites is 1. The molecule has 0 fully saturated rings. The van der Waals surface area contributed by atoms with Crippen molar-refractivity contribution in [2.24, 2.45) is 5.92 Å². The molecule has 2 N–H and O–H groups in total. The molecule has 0 saturated carbocycles. The zero-order chi connectivity index (χ0) is 12.0. The summed E-state index contributed by atoms with van der Waals surface area (Å²) in [4.78, 5) is 21.7. The zero-order valence-corrected chi connectivity index (χ0v) is 8.84. The monoisotopic (exact) mass is 223 g/mol. The molecule has 5 nitrogen and oxygen atoms in total. The van der Waals surface area contributed by atoms with Crippen molar-refractivity contribution in [1.82, 2.24) is 0 Å². The van der Waals surface area contributed by atoms with Gasteiger partial charge >= 0.3 is 12.1 Å². The number of anilines is 1. The number of ether oxygens (including phenoxy) is 1. The molecule has 0 aliphatic carbocycles. The summed E-state index contributed by atoms with van der Waals surface area (Å²) >= 11 is 0. The Bertz CT molecular complexity index is 364. The molecular weight excluding hydrogens is 210 g/mol. The molecule has 0 bridgehead atoms. The second kappa shape index (κ2) is 5.75. The van der Waals surface area contributed by atoms with Crippen molar-refractivity contribution in [1.29, 1.82) is 0 Å². The van der Waals surface area contributed by atoms with Gasteiger partial charge in [0.1, 0.15) is 6.61 Å². The zero-order valence-electron chi connectivity index (χ0n) is 8.84. The van der Waals surface area contributed by atoms with E-state index in [9.17, 15) is 9.59 Å². The number of hydrogen-bond donors (Lipinski definition) is 2. The largest absolute Gasteiger partial charge is 0.481 e. The molecule has 0 aliphatic rings. The smallest absolute Gasteiger partial charge is 0.411 e. The molecule has 1 amide bonds. The number of carbonyl (C=O) groups excluding carboxylic acids is 1. The summed E-state index contributed by atoms with van der Waals surface area (Å²) < 4.78 is 4.74. The maximum Gasteiger partial charge on any atom is 0.411 e. The minimum absolute atomic E-state index is 0.145. The van der Waals surface area contributed by atoms with Crippen molar-refractivity contribution < 1.29 is 19.4 Å². The van der Waals surface area contributed by atoms with E-state index < -0.39 is 18.0 Å². The molecule has 0 radical (unpaired) electrons. The predicted molar refractivity (Wildman–Crippen MR) is 58.2 cm³/mol. The highest BCUT2D eigenvalue weighted by Gasteiger charge is 2.13. The predicted octanol–water partition coefficient (Wildman–Crippen LogP) is 1.96. The van der Waals surface area contributed by atoms with Crippen molar-refractivity contribution in [2.75, 3.05) is 11.9 Å². The minimum atomic E-state index is -0.993. The van der Waals surface area contributed by atoms with E-state index in [-0.39, 0.29) is 6.61 Å². The van der Waals surface area contributed by atoms with E-state index in [1.54, 1.807) is 24.3 Å². The van der Waals surface area contributed by atoms with E-state index in [2.05, 4.69) is 5.32 Å². The third-order valence-corrected chi connectivity index (χ3v) is 1.91. The highest BCUT2D eigenvalue weighted by atomic mass is 16.5. The Kier molecular flexibility index (Phi) is 4.32. The highest BCUT2D eigenvalue weighted by molar-refractivity contribution is 5.84. The molecule has 1 atom stereocenters. The van der Waals surface area contributed by atoms with Crippen LogP contribution >= 0.6 is 0 Å². The van der Waals surface area contributed by atoms with Crippen LogP contribution in [0.4, 0.5) is 10.5 Å². The number of nitrogens with one attached hydrogen (secondary N) is 1. The SMILES string of the molecule is C[C@H](COC(=O)Nc1ccccc1)C(=O)O. The van der Waals surface area contributed by atoms with Gasteiger partial charge in [-0.25, -0.2) is 4.79 Å². The molecule has 0 saturated heterocycles. The van der Waals surface area contributed by atoms with E-state index in [0.717, 1.165) is 0 Å². The number of carbonyl (C=O) groups is 2. The lowest BCUT2D eigenvalue weighted by Crippen LogP contribution is -2.21. The van der Waals surface area contributed by atoms with Gasteiger partial charge in [-0.15, -0.1) is 0 Å². The standard InChI is InChI=1S/C11H13NO4/c1-8(10(13)14)7-16-11(15)12-9-5-3-2-4-6-9/h2-6,8H,7H2,1H3,(H,12,15)(H,13,14)/t8-/m1/s1. The topological polar surface area (TPSA) is 75.6 Å². The summed E-state index contributed by atoms with van der Waals surface area (Å²) in [6, 6.07) is 8.79. The summed E-state index contributed by atoms with van der Waals surface area (Å²) in [7, 11) is 0. The van der Waals surface area contributed by atoms with Gasteiger partial charge in [-0.1, -0.05) is 18.2 Å². The van der Waals surface area contributed by atoms with Crippen LogP contribution in [-0.2, 0) is 9.53 Å². The lowest BCUT2D eigenvalue weighted by molar-refractivity contribution is -0.142. The Labute approximate surface area is 93.0 Å². The molecule has 0 heterocycles. The highest BCUT2D eigenvalue weighted by Crippen LogP contribution is 2.05. The van der Waals surface area contributed by atoms with Gasteiger partial charge in [0.25, 0.3) is 0 Å². The summed E-state index contributed by atoms with van der Waals surface area (Å²) in [5, 5.41) is 11.1. The van der Waals surface area contributed by atoms with Crippen LogP contribution in [0.5, 0.6) is 0 Å². The average Bonchev–Trinajstić information content (AvgIpc) is 2.27. The molecule has 0 unspecified atom stereocenters.